The van der Waals surface area contributed by atoms with E-state index in [1.807, 2.05) is 0 Å². The van der Waals surface area contributed by atoms with Crippen LogP contribution in [0.25, 0.3) is 0 Å². The van der Waals surface area contributed by atoms with Crippen LogP contribution in [-0.2, 0) is 4.79 Å². The molecule has 0 aromatic heterocycles. The molecule has 1 aliphatic rings. The third-order valence-corrected chi connectivity index (χ3v) is 3.18. The molecule has 0 unspecified atom stereocenters. The van der Waals surface area contributed by atoms with E-state index in [0.717, 1.165) is 0 Å². The fraction of sp³-hybridized carbons (Fsp3) is 0.900. The van der Waals surface area contributed by atoms with Crippen molar-refractivity contribution in [3.63, 3.8) is 0 Å². The molecular weight excluding hydrogens is 207 g/mol. The van der Waals surface area contributed by atoms with Gasteiger partial charge in [0.25, 0.3) is 0 Å². The highest BCUT2D eigenvalue weighted by molar-refractivity contribution is 5.73. The Labute approximate surface area is 87.2 Å². The quantitative estimate of drug-likeness (QED) is 0.727. The number of nitrogens with one attached hydrogen (secondary N) is 1. The summed E-state index contributed by atoms with van der Waals surface area (Å²) in [5, 5.41) is 2.66. The van der Waals surface area contributed by atoms with Crippen LogP contribution in [-0.4, -0.2) is 18.1 Å². The van der Waals surface area contributed by atoms with Crippen LogP contribution < -0.4 is 5.32 Å². The Balaban J connectivity index is 2.52. The maximum atomic E-state index is 12.6. The van der Waals surface area contributed by atoms with Crippen LogP contribution in [0.2, 0.25) is 0 Å². The lowest BCUT2D eigenvalue weighted by Gasteiger charge is -2.38. The molecule has 1 amide bonds. The summed E-state index contributed by atoms with van der Waals surface area (Å²) >= 11 is 0. The lowest BCUT2D eigenvalue weighted by atomic mass is 9.73. The largest absolute Gasteiger partial charge is 0.394 e. The summed E-state index contributed by atoms with van der Waals surface area (Å²) in [6.07, 6.45) is -3.11. The second kappa shape index (κ2) is 4.02. The van der Waals surface area contributed by atoms with E-state index in [-0.39, 0.29) is 24.8 Å². The van der Waals surface area contributed by atoms with Crippen molar-refractivity contribution < 1.29 is 18.0 Å². The molecule has 0 aromatic carbocycles. The Morgan fingerprint density at radius 2 is 1.80 bits per heavy atom. The van der Waals surface area contributed by atoms with Gasteiger partial charge < -0.3 is 5.32 Å². The Morgan fingerprint density at radius 1 is 1.33 bits per heavy atom. The minimum Gasteiger partial charge on any atom is -0.354 e. The van der Waals surface area contributed by atoms with Crippen molar-refractivity contribution in [1.29, 1.82) is 0 Å². The van der Waals surface area contributed by atoms with E-state index < -0.39 is 11.6 Å². The monoisotopic (exact) mass is 223 g/mol. The average Bonchev–Trinajstić information content (AvgIpc) is 2.06. The molecule has 1 N–H and O–H groups in total. The topological polar surface area (TPSA) is 29.1 Å². The van der Waals surface area contributed by atoms with Gasteiger partial charge in [0.05, 0.1) is 5.41 Å². The number of hydrogen-bond donors (Lipinski definition) is 1. The first kappa shape index (κ1) is 12.3. The summed E-state index contributed by atoms with van der Waals surface area (Å²) < 4.78 is 37.9. The Bertz CT molecular complexity index is 242. The van der Waals surface area contributed by atoms with Crippen LogP contribution in [0.5, 0.6) is 0 Å². The molecule has 0 radical (unpaired) electrons. The molecule has 0 heterocycles. The van der Waals surface area contributed by atoms with Crippen LogP contribution in [0.1, 0.15) is 39.5 Å². The van der Waals surface area contributed by atoms with Gasteiger partial charge >= 0.3 is 6.18 Å². The van der Waals surface area contributed by atoms with Crippen LogP contribution in [0, 0.1) is 5.41 Å². The van der Waals surface area contributed by atoms with Crippen molar-refractivity contribution in [2.24, 2.45) is 5.41 Å². The third kappa shape index (κ3) is 2.86. The summed E-state index contributed by atoms with van der Waals surface area (Å²) in [6.45, 7) is 2.65. The Morgan fingerprint density at radius 3 is 2.13 bits per heavy atom. The van der Waals surface area contributed by atoms with Gasteiger partial charge in [0.15, 0.2) is 0 Å². The summed E-state index contributed by atoms with van der Waals surface area (Å²) in [5.41, 5.74) is -1.57. The lowest BCUT2D eigenvalue weighted by Crippen LogP contribution is -2.44. The van der Waals surface area contributed by atoms with Crippen molar-refractivity contribution in [2.75, 3.05) is 0 Å². The van der Waals surface area contributed by atoms with E-state index in [0.29, 0.717) is 12.8 Å². The molecule has 1 rings (SSSR count). The zero-order valence-electron chi connectivity index (χ0n) is 8.95. The Kier molecular flexibility index (Phi) is 3.31. The predicted molar refractivity (Wildman–Crippen MR) is 50.2 cm³/mol. The summed E-state index contributed by atoms with van der Waals surface area (Å²) in [7, 11) is 0. The average molecular weight is 223 g/mol. The minimum atomic E-state index is -4.13. The maximum absolute atomic E-state index is 12.6. The highest BCUT2D eigenvalue weighted by atomic mass is 19.4. The van der Waals surface area contributed by atoms with Crippen LogP contribution in [0.3, 0.4) is 0 Å². The molecule has 0 saturated heterocycles. The van der Waals surface area contributed by atoms with Gasteiger partial charge in [-0.3, -0.25) is 4.79 Å². The van der Waals surface area contributed by atoms with Crippen LogP contribution in [0.4, 0.5) is 13.2 Å². The molecule has 1 fully saturated rings. The van der Waals surface area contributed by atoms with E-state index in [1.165, 1.54) is 13.8 Å². The first-order valence-corrected chi connectivity index (χ1v) is 5.08. The van der Waals surface area contributed by atoms with E-state index in [9.17, 15) is 18.0 Å². The van der Waals surface area contributed by atoms with E-state index in [4.69, 9.17) is 0 Å². The molecule has 0 atom stereocenters. The maximum Gasteiger partial charge on any atom is 0.394 e. The highest BCUT2D eigenvalue weighted by Gasteiger charge is 2.52. The van der Waals surface area contributed by atoms with E-state index in [1.54, 1.807) is 0 Å². The molecule has 0 aromatic rings. The van der Waals surface area contributed by atoms with Gasteiger partial charge in [-0.25, -0.2) is 0 Å². The van der Waals surface area contributed by atoms with Crippen molar-refractivity contribution in [1.82, 2.24) is 5.32 Å². The normalized spacial score (nSPS) is 32.5. The molecule has 88 valence electrons. The summed E-state index contributed by atoms with van der Waals surface area (Å²) in [5.74, 6) is -0.171. The van der Waals surface area contributed by atoms with Gasteiger partial charge in [-0.1, -0.05) is 6.92 Å². The van der Waals surface area contributed by atoms with Crippen molar-refractivity contribution in [3.05, 3.63) is 0 Å². The first-order valence-electron chi connectivity index (χ1n) is 5.08. The molecule has 2 nitrogen and oxygen atoms in total. The van der Waals surface area contributed by atoms with Crippen molar-refractivity contribution >= 4 is 5.91 Å². The number of halogens is 3. The molecule has 0 aliphatic heterocycles. The number of alkyl halides is 3. The summed E-state index contributed by atoms with van der Waals surface area (Å²) in [6, 6.07) is -0.0853. The number of hydrogen-bond acceptors (Lipinski definition) is 1. The van der Waals surface area contributed by atoms with Gasteiger partial charge in [-0.05, 0) is 25.7 Å². The van der Waals surface area contributed by atoms with E-state index in [2.05, 4.69) is 5.32 Å². The lowest BCUT2D eigenvalue weighted by molar-refractivity contribution is -0.228. The van der Waals surface area contributed by atoms with Gasteiger partial charge in [0.2, 0.25) is 5.91 Å². The van der Waals surface area contributed by atoms with Gasteiger partial charge in [0, 0.05) is 13.0 Å². The standard InChI is InChI=1S/C10H16F3NO/c1-7(15)14-8-3-5-9(2,6-4-8)10(11,12)13/h8H,3-6H2,1-2H3,(H,14,15). The fourth-order valence-corrected chi connectivity index (χ4v) is 1.97. The van der Waals surface area contributed by atoms with Gasteiger partial charge in [0.1, 0.15) is 0 Å². The molecule has 0 spiro atoms. The molecule has 15 heavy (non-hydrogen) atoms. The van der Waals surface area contributed by atoms with Crippen LogP contribution in [0.15, 0.2) is 0 Å². The Hall–Kier alpha value is -0.740. The smallest absolute Gasteiger partial charge is 0.354 e. The third-order valence-electron chi connectivity index (χ3n) is 3.18. The minimum absolute atomic E-state index is 0.0853. The highest BCUT2D eigenvalue weighted by Crippen LogP contribution is 2.48. The van der Waals surface area contributed by atoms with Crippen LogP contribution >= 0.6 is 0 Å². The molecule has 1 saturated carbocycles. The van der Waals surface area contributed by atoms with Gasteiger partial charge in [-0.15, -0.1) is 0 Å². The van der Waals surface area contributed by atoms with Crippen molar-refractivity contribution in [3.8, 4) is 0 Å². The SMILES string of the molecule is CC(=O)NC1CCC(C)(C(F)(F)F)CC1. The first-order chi connectivity index (χ1) is 6.74. The zero-order valence-corrected chi connectivity index (χ0v) is 8.95. The predicted octanol–water partition coefficient (Wildman–Crippen LogP) is 2.63. The number of rotatable bonds is 1. The number of carbonyl (C=O) groups excluding carboxylic acids is 1. The number of amides is 1. The van der Waals surface area contributed by atoms with Gasteiger partial charge in [-0.2, -0.15) is 13.2 Å². The molecule has 5 heteroatoms. The molecule has 1 aliphatic carbocycles. The number of carbonyl (C=O) groups is 1. The van der Waals surface area contributed by atoms with E-state index >= 15 is 0 Å². The van der Waals surface area contributed by atoms with Crippen molar-refractivity contribution in [2.45, 2.75) is 51.7 Å². The second-order valence-electron chi connectivity index (χ2n) is 4.53. The molecule has 0 bridgehead atoms. The summed E-state index contributed by atoms with van der Waals surface area (Å²) in [4.78, 5) is 10.7. The molecular formula is C10H16F3NO. The zero-order chi connectivity index (χ0) is 11.7. The fourth-order valence-electron chi connectivity index (χ4n) is 1.97. The second-order valence-corrected chi connectivity index (χ2v) is 4.53.